The second kappa shape index (κ2) is 15.5. The van der Waals surface area contributed by atoms with Gasteiger partial charge in [0.1, 0.15) is 24.7 Å². The quantitative estimate of drug-likeness (QED) is 0.118. The van der Waals surface area contributed by atoms with Crippen molar-refractivity contribution < 1.29 is 38.1 Å². The molecule has 0 spiro atoms. The van der Waals surface area contributed by atoms with E-state index >= 15 is 0 Å². The average Bonchev–Trinajstić information content (AvgIpc) is 2.90. The number of hydrogen-bond donors (Lipinski definition) is 0. The van der Waals surface area contributed by atoms with E-state index in [9.17, 15) is 14.4 Å². The molecule has 0 atom stereocenters. The van der Waals surface area contributed by atoms with Gasteiger partial charge in [0.15, 0.2) is 0 Å². The van der Waals surface area contributed by atoms with E-state index in [0.717, 1.165) is 17.2 Å². The predicted molar refractivity (Wildman–Crippen MR) is 135 cm³/mol. The third-order valence-electron chi connectivity index (χ3n) is 4.66. The SMILES string of the molecule is C=CC(=O)OCCOc1ccc(/C=C/c2ccc(OCCCOC(=O)C(=C)CC(=O)OC)cc2)cc1. The summed E-state index contributed by atoms with van der Waals surface area (Å²) in [4.78, 5) is 33.8. The molecular weight excluding hydrogens is 464 g/mol. The second-order valence-electron chi connectivity index (χ2n) is 7.39. The highest BCUT2D eigenvalue weighted by Gasteiger charge is 2.13. The number of esters is 3. The van der Waals surface area contributed by atoms with Crippen molar-refractivity contribution in [2.45, 2.75) is 12.8 Å². The van der Waals surface area contributed by atoms with Gasteiger partial charge in [-0.05, 0) is 35.4 Å². The maximum atomic E-state index is 11.7. The third kappa shape index (κ3) is 10.7. The molecule has 2 aromatic rings. The molecule has 0 radical (unpaired) electrons. The molecule has 0 saturated heterocycles. The van der Waals surface area contributed by atoms with Crippen LogP contribution in [-0.4, -0.2) is 51.4 Å². The van der Waals surface area contributed by atoms with Crippen molar-refractivity contribution >= 4 is 30.1 Å². The molecule has 36 heavy (non-hydrogen) atoms. The molecule has 0 bridgehead atoms. The Morgan fingerprint density at radius 3 is 1.86 bits per heavy atom. The molecular formula is C28H30O8. The lowest BCUT2D eigenvalue weighted by Crippen LogP contribution is -2.13. The number of carbonyl (C=O) groups is 3. The summed E-state index contributed by atoms with van der Waals surface area (Å²) in [5, 5.41) is 0. The fraction of sp³-hybridized carbons (Fsp3) is 0.250. The van der Waals surface area contributed by atoms with Gasteiger partial charge in [-0.15, -0.1) is 0 Å². The van der Waals surface area contributed by atoms with Crippen molar-refractivity contribution in [3.8, 4) is 11.5 Å². The topological polar surface area (TPSA) is 97.4 Å². The van der Waals surface area contributed by atoms with E-state index in [1.165, 1.54) is 7.11 Å². The Kier molecular flexibility index (Phi) is 12.1. The first-order chi connectivity index (χ1) is 17.4. The van der Waals surface area contributed by atoms with Crippen molar-refractivity contribution in [1.29, 1.82) is 0 Å². The van der Waals surface area contributed by atoms with Crippen LogP contribution in [0, 0.1) is 0 Å². The zero-order valence-corrected chi connectivity index (χ0v) is 20.3. The first kappa shape index (κ1) is 27.9. The van der Waals surface area contributed by atoms with E-state index in [1.54, 1.807) is 0 Å². The lowest BCUT2D eigenvalue weighted by molar-refractivity contribution is -0.144. The van der Waals surface area contributed by atoms with Gasteiger partial charge in [0, 0.05) is 18.1 Å². The number of ether oxygens (including phenoxy) is 5. The van der Waals surface area contributed by atoms with Crippen LogP contribution in [0.15, 0.2) is 73.3 Å². The molecule has 0 aliphatic heterocycles. The Labute approximate surface area is 210 Å². The minimum atomic E-state index is -0.620. The smallest absolute Gasteiger partial charge is 0.333 e. The van der Waals surface area contributed by atoms with E-state index in [4.69, 9.17) is 18.9 Å². The Balaban J connectivity index is 1.68. The van der Waals surface area contributed by atoms with Gasteiger partial charge in [-0.25, -0.2) is 9.59 Å². The molecule has 2 aromatic carbocycles. The van der Waals surface area contributed by atoms with Gasteiger partial charge in [-0.1, -0.05) is 49.6 Å². The lowest BCUT2D eigenvalue weighted by Gasteiger charge is -2.08. The third-order valence-corrected chi connectivity index (χ3v) is 4.66. The van der Waals surface area contributed by atoms with Crippen LogP contribution in [-0.2, 0) is 28.6 Å². The molecule has 8 nitrogen and oxygen atoms in total. The zero-order chi connectivity index (χ0) is 26.2. The lowest BCUT2D eigenvalue weighted by atomic mass is 10.1. The molecule has 0 fully saturated rings. The Hall–Kier alpha value is -4.33. The summed E-state index contributed by atoms with van der Waals surface area (Å²) in [6.45, 7) is 7.81. The van der Waals surface area contributed by atoms with Crippen molar-refractivity contribution in [1.82, 2.24) is 0 Å². The highest BCUT2D eigenvalue weighted by molar-refractivity contribution is 5.93. The molecule has 0 heterocycles. The molecule has 0 aromatic heterocycles. The normalized spacial score (nSPS) is 10.4. The van der Waals surface area contributed by atoms with E-state index in [2.05, 4.69) is 17.9 Å². The highest BCUT2D eigenvalue weighted by atomic mass is 16.6. The van der Waals surface area contributed by atoms with Crippen molar-refractivity contribution in [2.24, 2.45) is 0 Å². The summed E-state index contributed by atoms with van der Waals surface area (Å²) in [5.74, 6) is -0.245. The molecule has 2 rings (SSSR count). The first-order valence-corrected chi connectivity index (χ1v) is 11.3. The Morgan fingerprint density at radius 2 is 1.33 bits per heavy atom. The first-order valence-electron chi connectivity index (χ1n) is 11.3. The molecule has 0 aliphatic rings. The van der Waals surface area contributed by atoms with E-state index < -0.39 is 17.9 Å². The fourth-order valence-electron chi connectivity index (χ4n) is 2.74. The van der Waals surface area contributed by atoms with Gasteiger partial charge in [-0.3, -0.25) is 4.79 Å². The molecule has 0 amide bonds. The predicted octanol–water partition coefficient (Wildman–Crippen LogP) is 4.40. The van der Waals surface area contributed by atoms with Gasteiger partial charge in [-0.2, -0.15) is 0 Å². The van der Waals surface area contributed by atoms with Crippen LogP contribution in [0.5, 0.6) is 11.5 Å². The van der Waals surface area contributed by atoms with E-state index in [0.29, 0.717) is 24.5 Å². The van der Waals surface area contributed by atoms with E-state index in [1.807, 2.05) is 60.7 Å². The van der Waals surface area contributed by atoms with Crippen LogP contribution in [0.1, 0.15) is 24.0 Å². The summed E-state index contributed by atoms with van der Waals surface area (Å²) in [7, 11) is 1.24. The van der Waals surface area contributed by atoms with Crippen LogP contribution < -0.4 is 9.47 Å². The maximum Gasteiger partial charge on any atom is 0.333 e. The minimum Gasteiger partial charge on any atom is -0.493 e. The van der Waals surface area contributed by atoms with Crippen LogP contribution >= 0.6 is 0 Å². The van der Waals surface area contributed by atoms with Gasteiger partial charge >= 0.3 is 17.9 Å². The molecule has 0 N–H and O–H groups in total. The zero-order valence-electron chi connectivity index (χ0n) is 20.3. The standard InChI is InChI=1S/C28H30O8/c1-4-26(29)35-19-18-34-25-14-10-23(11-15-25)7-6-22-8-12-24(13-9-22)33-16-5-17-36-28(31)21(2)20-27(30)32-3/h4,6-15H,1-2,5,16-20H2,3H3/b7-6+. The van der Waals surface area contributed by atoms with Crippen LogP contribution in [0.2, 0.25) is 0 Å². The van der Waals surface area contributed by atoms with Crippen molar-refractivity contribution in [3.63, 3.8) is 0 Å². The molecule has 190 valence electrons. The summed E-state index contributed by atoms with van der Waals surface area (Å²) in [6.07, 6.45) is 5.38. The monoisotopic (exact) mass is 494 g/mol. The van der Waals surface area contributed by atoms with Gasteiger partial charge < -0.3 is 23.7 Å². The van der Waals surface area contributed by atoms with Crippen LogP contribution in [0.3, 0.4) is 0 Å². The number of hydrogen-bond acceptors (Lipinski definition) is 8. The van der Waals surface area contributed by atoms with E-state index in [-0.39, 0.29) is 31.8 Å². The second-order valence-corrected chi connectivity index (χ2v) is 7.39. The van der Waals surface area contributed by atoms with Crippen molar-refractivity contribution in [3.05, 3.63) is 84.5 Å². The highest BCUT2D eigenvalue weighted by Crippen LogP contribution is 2.17. The Morgan fingerprint density at radius 1 is 0.778 bits per heavy atom. The summed E-state index contributed by atoms with van der Waals surface area (Å²) in [5.41, 5.74) is 2.06. The number of benzene rings is 2. The Bertz CT molecular complexity index is 1050. The largest absolute Gasteiger partial charge is 0.493 e. The molecule has 0 aliphatic carbocycles. The average molecular weight is 495 g/mol. The molecule has 0 saturated carbocycles. The summed E-state index contributed by atoms with van der Waals surface area (Å²) in [6, 6.07) is 15.1. The van der Waals surface area contributed by atoms with Crippen LogP contribution in [0.25, 0.3) is 12.2 Å². The minimum absolute atomic E-state index is 0.0550. The molecule has 8 heteroatoms. The van der Waals surface area contributed by atoms with Crippen molar-refractivity contribution in [2.75, 3.05) is 33.5 Å². The summed E-state index contributed by atoms with van der Waals surface area (Å²) >= 11 is 0. The van der Waals surface area contributed by atoms with Crippen LogP contribution in [0.4, 0.5) is 0 Å². The summed E-state index contributed by atoms with van der Waals surface area (Å²) < 4.78 is 25.6. The fourth-order valence-corrected chi connectivity index (χ4v) is 2.74. The number of carbonyl (C=O) groups excluding carboxylic acids is 3. The maximum absolute atomic E-state index is 11.7. The van der Waals surface area contributed by atoms with Gasteiger partial charge in [0.25, 0.3) is 0 Å². The number of rotatable bonds is 15. The number of methoxy groups -OCH3 is 1. The van der Waals surface area contributed by atoms with Gasteiger partial charge in [0.05, 0.1) is 26.7 Å². The molecule has 0 unspecified atom stereocenters. The van der Waals surface area contributed by atoms with Gasteiger partial charge in [0.2, 0.25) is 0 Å².